The number of carbonyl (C=O) groups is 1. The highest BCUT2D eigenvalue weighted by molar-refractivity contribution is 7.90. The lowest BCUT2D eigenvalue weighted by Gasteiger charge is -2.19. The van der Waals surface area contributed by atoms with Crippen molar-refractivity contribution < 1.29 is 17.6 Å². The topological polar surface area (TPSA) is 105 Å². The first-order valence-electron chi connectivity index (χ1n) is 11.0. The van der Waals surface area contributed by atoms with Crippen LogP contribution in [0.5, 0.6) is 0 Å². The lowest BCUT2D eigenvalue weighted by Crippen LogP contribution is -2.30. The highest BCUT2D eigenvalue weighted by Crippen LogP contribution is 2.23. The van der Waals surface area contributed by atoms with E-state index >= 15 is 0 Å². The van der Waals surface area contributed by atoms with Gasteiger partial charge in [-0.1, -0.05) is 30.7 Å². The molecule has 8 nitrogen and oxygen atoms in total. The predicted octanol–water partition coefficient (Wildman–Crippen LogP) is 3.06. The number of benzene rings is 2. The van der Waals surface area contributed by atoms with Gasteiger partial charge in [-0.25, -0.2) is 17.8 Å². The second kappa shape index (κ2) is 10.2. The summed E-state index contributed by atoms with van der Waals surface area (Å²) in [6.07, 6.45) is 5.93. The fourth-order valence-corrected chi connectivity index (χ4v) is 5.11. The summed E-state index contributed by atoms with van der Waals surface area (Å²) in [7, 11) is -1.69. The minimum absolute atomic E-state index is 0.124. The number of aliphatic imine (C=N–C) groups is 1. The van der Waals surface area contributed by atoms with Gasteiger partial charge in [0.2, 0.25) is 5.91 Å². The lowest BCUT2D eigenvalue weighted by atomic mass is 10.1. The van der Waals surface area contributed by atoms with Gasteiger partial charge in [-0.15, -0.1) is 0 Å². The molecular weight excluding hydrogens is 457 g/mol. The minimum atomic E-state index is -3.53. The number of hydrogen-bond donors (Lipinski definition) is 2. The average Bonchev–Trinajstić information content (AvgIpc) is 3.35. The van der Waals surface area contributed by atoms with Gasteiger partial charge in [0.15, 0.2) is 0 Å². The van der Waals surface area contributed by atoms with Crippen LogP contribution in [-0.4, -0.2) is 36.3 Å². The quantitative estimate of drug-likeness (QED) is 0.456. The molecule has 0 unspecified atom stereocenters. The predicted molar refractivity (Wildman–Crippen MR) is 126 cm³/mol. The highest BCUT2D eigenvalue weighted by atomic mass is 32.2. The molecule has 0 bridgehead atoms. The van der Waals surface area contributed by atoms with Crippen molar-refractivity contribution in [2.24, 2.45) is 12.0 Å². The molecule has 178 valence electrons. The molecule has 0 fully saturated rings. The summed E-state index contributed by atoms with van der Waals surface area (Å²) in [6.45, 7) is 0.458. The van der Waals surface area contributed by atoms with E-state index in [1.54, 1.807) is 48.8 Å². The van der Waals surface area contributed by atoms with Crippen LogP contribution < -0.4 is 10.0 Å². The van der Waals surface area contributed by atoms with Crippen LogP contribution >= 0.6 is 0 Å². The molecule has 0 spiro atoms. The van der Waals surface area contributed by atoms with Gasteiger partial charge in [0.25, 0.3) is 10.0 Å². The Labute approximate surface area is 198 Å². The molecule has 1 atom stereocenters. The number of unbranched alkanes of at least 4 members (excludes halogenated alkanes) is 2. The molecule has 1 aliphatic rings. The largest absolute Gasteiger partial charge is 0.342 e. The van der Waals surface area contributed by atoms with Crippen molar-refractivity contribution in [2.75, 3.05) is 6.54 Å². The number of aryl methyl sites for hydroxylation is 1. The second-order valence-corrected chi connectivity index (χ2v) is 9.74. The van der Waals surface area contributed by atoms with Gasteiger partial charge in [0.1, 0.15) is 23.5 Å². The first kappa shape index (κ1) is 23.6. The molecule has 0 saturated carbocycles. The molecule has 1 aliphatic heterocycles. The van der Waals surface area contributed by atoms with Gasteiger partial charge >= 0.3 is 0 Å². The van der Waals surface area contributed by atoms with Crippen molar-refractivity contribution in [3.05, 3.63) is 83.7 Å². The Morgan fingerprint density at radius 3 is 2.65 bits per heavy atom. The van der Waals surface area contributed by atoms with Gasteiger partial charge < -0.3 is 9.88 Å². The van der Waals surface area contributed by atoms with E-state index in [-0.39, 0.29) is 16.6 Å². The molecule has 2 heterocycles. The number of nitrogens with one attached hydrogen (secondary N) is 2. The summed E-state index contributed by atoms with van der Waals surface area (Å²) in [5.41, 5.74) is 1.34. The number of amides is 1. The van der Waals surface area contributed by atoms with Gasteiger partial charge in [-0.2, -0.15) is 0 Å². The summed E-state index contributed by atoms with van der Waals surface area (Å²) < 4.78 is 41.9. The van der Waals surface area contributed by atoms with E-state index in [1.165, 1.54) is 12.1 Å². The number of aromatic nitrogens is 2. The van der Waals surface area contributed by atoms with Crippen LogP contribution in [0.3, 0.4) is 0 Å². The van der Waals surface area contributed by atoms with Crippen LogP contribution in [0.25, 0.3) is 0 Å². The zero-order valence-corrected chi connectivity index (χ0v) is 19.6. The van der Waals surface area contributed by atoms with E-state index < -0.39 is 16.1 Å². The number of rotatable bonds is 9. The molecule has 0 aliphatic carbocycles. The Kier molecular flexibility index (Phi) is 7.06. The SMILES string of the molecule is Cn1ccnc1[C@@H](NC(=O)CCCCCN=C1NS(=O)(=O)c2ccccc21)c1ccc(F)cc1. The number of imidazole rings is 1. The van der Waals surface area contributed by atoms with E-state index in [0.29, 0.717) is 36.6 Å². The smallest absolute Gasteiger partial charge is 0.263 e. The number of nitrogens with zero attached hydrogens (tertiary/aromatic N) is 3. The third-order valence-corrected chi connectivity index (χ3v) is 7.02. The molecule has 0 saturated heterocycles. The highest BCUT2D eigenvalue weighted by Gasteiger charge is 2.29. The summed E-state index contributed by atoms with van der Waals surface area (Å²) in [5.74, 6) is 0.563. The normalized spacial score (nSPS) is 16.1. The third kappa shape index (κ3) is 5.33. The van der Waals surface area contributed by atoms with Crippen LogP contribution in [0.4, 0.5) is 4.39 Å². The molecule has 3 aromatic rings. The Morgan fingerprint density at radius 1 is 1.15 bits per heavy atom. The van der Waals surface area contributed by atoms with Gasteiger partial charge in [0, 0.05) is 38.0 Å². The first-order chi connectivity index (χ1) is 16.3. The Morgan fingerprint density at radius 2 is 1.91 bits per heavy atom. The third-order valence-electron chi connectivity index (χ3n) is 5.62. The van der Waals surface area contributed by atoms with Crippen molar-refractivity contribution in [2.45, 2.75) is 36.6 Å². The first-order valence-corrected chi connectivity index (χ1v) is 12.5. The summed E-state index contributed by atoms with van der Waals surface area (Å²) in [4.78, 5) is 21.6. The minimum Gasteiger partial charge on any atom is -0.342 e. The van der Waals surface area contributed by atoms with E-state index in [1.807, 2.05) is 11.6 Å². The van der Waals surface area contributed by atoms with E-state index in [2.05, 4.69) is 20.0 Å². The summed E-state index contributed by atoms with van der Waals surface area (Å²) in [6, 6.07) is 12.3. The van der Waals surface area contributed by atoms with Gasteiger partial charge in [-0.3, -0.25) is 14.5 Å². The van der Waals surface area contributed by atoms with Crippen molar-refractivity contribution in [3.8, 4) is 0 Å². The molecule has 4 rings (SSSR count). The van der Waals surface area contributed by atoms with Crippen LogP contribution in [0.2, 0.25) is 0 Å². The molecule has 1 amide bonds. The van der Waals surface area contributed by atoms with Crippen LogP contribution in [0.15, 0.2) is 70.8 Å². The number of halogens is 1. The number of amidine groups is 1. The number of sulfonamides is 1. The number of carbonyl (C=O) groups excluding carboxylic acids is 1. The van der Waals surface area contributed by atoms with Gasteiger partial charge in [-0.05, 0) is 42.7 Å². The monoisotopic (exact) mass is 483 g/mol. The Bertz CT molecular complexity index is 1300. The summed E-state index contributed by atoms with van der Waals surface area (Å²) >= 11 is 0. The maximum absolute atomic E-state index is 13.4. The second-order valence-electron chi connectivity index (χ2n) is 8.09. The molecule has 1 aromatic heterocycles. The maximum Gasteiger partial charge on any atom is 0.263 e. The van der Waals surface area contributed by atoms with Crippen molar-refractivity contribution in [1.82, 2.24) is 19.6 Å². The fourth-order valence-electron chi connectivity index (χ4n) is 3.86. The summed E-state index contributed by atoms with van der Waals surface area (Å²) in [5, 5.41) is 3.00. The Balaban J connectivity index is 1.28. The van der Waals surface area contributed by atoms with E-state index in [4.69, 9.17) is 0 Å². The van der Waals surface area contributed by atoms with Crippen LogP contribution in [0, 0.1) is 5.82 Å². The van der Waals surface area contributed by atoms with Crippen molar-refractivity contribution in [3.63, 3.8) is 0 Å². The lowest BCUT2D eigenvalue weighted by molar-refractivity contribution is -0.121. The molecule has 2 aromatic carbocycles. The zero-order valence-electron chi connectivity index (χ0n) is 18.7. The maximum atomic E-state index is 13.4. The van der Waals surface area contributed by atoms with Crippen LogP contribution in [0.1, 0.15) is 48.7 Å². The fraction of sp³-hybridized carbons (Fsp3) is 0.292. The molecular formula is C24H26FN5O3S. The van der Waals surface area contributed by atoms with Gasteiger partial charge in [0.05, 0.1) is 4.90 Å². The molecule has 0 radical (unpaired) electrons. The van der Waals surface area contributed by atoms with Crippen molar-refractivity contribution >= 4 is 21.8 Å². The zero-order chi connectivity index (χ0) is 24.1. The van der Waals surface area contributed by atoms with E-state index in [0.717, 1.165) is 18.4 Å². The van der Waals surface area contributed by atoms with E-state index in [9.17, 15) is 17.6 Å². The van der Waals surface area contributed by atoms with Crippen LogP contribution in [-0.2, 0) is 21.9 Å². The molecule has 34 heavy (non-hydrogen) atoms. The number of hydrogen-bond acceptors (Lipinski definition) is 5. The average molecular weight is 484 g/mol. The van der Waals surface area contributed by atoms with Crippen molar-refractivity contribution in [1.29, 1.82) is 0 Å². The Hall–Kier alpha value is -3.53. The number of fused-ring (bicyclic) bond motifs is 1. The molecule has 10 heteroatoms. The standard InChI is InChI=1S/C24H26FN5O3S/c1-30-16-15-27-24(30)22(17-10-12-18(25)13-11-17)28-21(31)9-3-2-6-14-26-23-19-7-4-5-8-20(19)34(32,33)29-23/h4-5,7-8,10-13,15-16,22H,2-3,6,9,14H2,1H3,(H,26,29)(H,28,31)/t22-/m0/s1. The molecule has 2 N–H and O–H groups in total.